The largest absolute Gasteiger partial charge is 0.454 e. The Balaban J connectivity index is 2.00. The average molecular weight is 459 g/mol. The molecule has 0 aliphatic rings. The van der Waals surface area contributed by atoms with Gasteiger partial charge in [-0.05, 0) is 18.9 Å². The van der Waals surface area contributed by atoms with Gasteiger partial charge in [-0.2, -0.15) is 0 Å². The summed E-state index contributed by atoms with van der Waals surface area (Å²) in [5.41, 5.74) is -0.240. The highest BCUT2D eigenvalue weighted by Gasteiger charge is 2.21. The summed E-state index contributed by atoms with van der Waals surface area (Å²) < 4.78 is 9.12. The minimum Gasteiger partial charge on any atom is -0.454 e. The van der Waals surface area contributed by atoms with Gasteiger partial charge < -0.3 is 9.30 Å². The van der Waals surface area contributed by atoms with Crippen LogP contribution in [0.4, 0.5) is 0 Å². The fourth-order valence-electron chi connectivity index (χ4n) is 3.00. The Morgan fingerprint density at radius 2 is 1.97 bits per heavy atom. The van der Waals surface area contributed by atoms with Crippen LogP contribution in [-0.2, 0) is 24.4 Å². The van der Waals surface area contributed by atoms with Crippen molar-refractivity contribution in [1.82, 2.24) is 19.1 Å². The first-order chi connectivity index (χ1) is 13.9. The number of aryl methyl sites for hydroxylation is 2. The normalized spacial score (nSPS) is 11.3. The second-order valence-corrected chi connectivity index (χ2v) is 8.72. The number of carbonyl (C=O) groups excluding carboxylic acids is 1. The zero-order valence-corrected chi connectivity index (χ0v) is 18.3. The molecule has 0 saturated heterocycles. The monoisotopic (exact) mass is 458 g/mol. The Hall–Kier alpha value is -2.10. The van der Waals surface area contributed by atoms with Gasteiger partial charge in [0.15, 0.2) is 11.2 Å². The quantitative estimate of drug-likeness (QED) is 0.517. The van der Waals surface area contributed by atoms with Gasteiger partial charge in [-0.3, -0.25) is 14.3 Å². The Kier molecular flexibility index (Phi) is 6.81. The number of nitrogens with zero attached hydrogens (tertiary/aromatic N) is 3. The van der Waals surface area contributed by atoms with Crippen LogP contribution in [0.15, 0.2) is 15.7 Å². The van der Waals surface area contributed by atoms with E-state index in [1.165, 1.54) is 10.6 Å². The summed E-state index contributed by atoms with van der Waals surface area (Å²) in [4.78, 5) is 43.9. The standard InChI is InChI=1S/C18H20Cl2N4O4S/c1-3-5-7-24-15-13(16(25)22-18(24)27)23(6-4-2)12(21-15)9-28-17(26)10-8-11(19)29-14(10)20/h8H,3-7,9H2,1-2H3,(H,22,25,27). The second-order valence-electron chi connectivity index (χ2n) is 6.43. The number of H-pyrrole nitrogens is 1. The molecule has 0 aliphatic carbocycles. The lowest BCUT2D eigenvalue weighted by Gasteiger charge is -2.08. The van der Waals surface area contributed by atoms with Crippen LogP contribution in [0.3, 0.4) is 0 Å². The van der Waals surface area contributed by atoms with Gasteiger partial charge >= 0.3 is 11.7 Å². The topological polar surface area (TPSA) is 99.0 Å². The Morgan fingerprint density at radius 1 is 1.21 bits per heavy atom. The molecule has 0 fully saturated rings. The summed E-state index contributed by atoms with van der Waals surface area (Å²) >= 11 is 13.0. The lowest BCUT2D eigenvalue weighted by molar-refractivity contribution is 0.0459. The highest BCUT2D eigenvalue weighted by atomic mass is 35.5. The van der Waals surface area contributed by atoms with Gasteiger partial charge in [-0.1, -0.05) is 43.5 Å². The van der Waals surface area contributed by atoms with Crippen molar-refractivity contribution in [2.75, 3.05) is 0 Å². The van der Waals surface area contributed by atoms with E-state index >= 15 is 0 Å². The van der Waals surface area contributed by atoms with E-state index in [4.69, 9.17) is 27.9 Å². The minimum atomic E-state index is -0.634. The molecule has 3 heterocycles. The predicted octanol–water partition coefficient (Wildman–Crippen LogP) is 3.82. The number of imidazole rings is 1. The van der Waals surface area contributed by atoms with Crippen molar-refractivity contribution in [3.63, 3.8) is 0 Å². The van der Waals surface area contributed by atoms with E-state index in [0.29, 0.717) is 34.4 Å². The molecule has 1 N–H and O–H groups in total. The van der Waals surface area contributed by atoms with E-state index in [9.17, 15) is 14.4 Å². The van der Waals surface area contributed by atoms with Crippen LogP contribution in [0.25, 0.3) is 11.2 Å². The maximum Gasteiger partial charge on any atom is 0.341 e. The molecule has 0 aromatic carbocycles. The molecular weight excluding hydrogens is 439 g/mol. The van der Waals surface area contributed by atoms with E-state index in [1.54, 1.807) is 4.57 Å². The molecule has 0 radical (unpaired) electrons. The van der Waals surface area contributed by atoms with Crippen molar-refractivity contribution in [2.24, 2.45) is 0 Å². The Morgan fingerprint density at radius 3 is 2.59 bits per heavy atom. The Labute approximate surface area is 180 Å². The highest BCUT2D eigenvalue weighted by molar-refractivity contribution is 7.20. The summed E-state index contributed by atoms with van der Waals surface area (Å²) in [6.07, 6.45) is 2.38. The van der Waals surface area contributed by atoms with Crippen molar-refractivity contribution < 1.29 is 9.53 Å². The molecule has 156 valence electrons. The maximum absolute atomic E-state index is 12.5. The summed E-state index contributed by atoms with van der Waals surface area (Å²) in [5.74, 6) is -0.250. The van der Waals surface area contributed by atoms with Crippen molar-refractivity contribution in [3.8, 4) is 0 Å². The SMILES string of the molecule is CCCCn1c(=O)[nH]c(=O)c2c1nc(COC(=O)c1cc(Cl)sc1Cl)n2CCC. The first-order valence-corrected chi connectivity index (χ1v) is 10.8. The van der Waals surface area contributed by atoms with Crippen LogP contribution in [0, 0.1) is 0 Å². The molecule has 3 aromatic rings. The smallest absolute Gasteiger partial charge is 0.341 e. The van der Waals surface area contributed by atoms with Gasteiger partial charge in [0.25, 0.3) is 5.56 Å². The molecular formula is C18H20Cl2N4O4S. The molecule has 3 aromatic heterocycles. The number of esters is 1. The third-order valence-electron chi connectivity index (χ3n) is 4.36. The number of thiophene rings is 1. The number of aromatic nitrogens is 4. The molecule has 0 amide bonds. The molecule has 0 aliphatic heterocycles. The minimum absolute atomic E-state index is 0.168. The highest BCUT2D eigenvalue weighted by Crippen LogP contribution is 2.31. The number of fused-ring (bicyclic) bond motifs is 1. The number of carbonyl (C=O) groups is 1. The van der Waals surface area contributed by atoms with Crippen LogP contribution >= 0.6 is 34.5 Å². The van der Waals surface area contributed by atoms with Gasteiger partial charge in [-0.15, -0.1) is 11.3 Å². The molecule has 0 saturated carbocycles. The van der Waals surface area contributed by atoms with Crippen LogP contribution < -0.4 is 11.2 Å². The second kappa shape index (κ2) is 9.15. The first kappa shape index (κ1) is 21.6. The third kappa shape index (κ3) is 4.41. The summed E-state index contributed by atoms with van der Waals surface area (Å²) in [7, 11) is 0. The fourth-order valence-corrected chi connectivity index (χ4v) is 4.44. The van der Waals surface area contributed by atoms with Gasteiger partial charge in [0.1, 0.15) is 16.8 Å². The zero-order valence-electron chi connectivity index (χ0n) is 16.0. The molecule has 8 nitrogen and oxygen atoms in total. The molecule has 3 rings (SSSR count). The summed E-state index contributed by atoms with van der Waals surface area (Å²) in [6, 6.07) is 1.44. The lowest BCUT2D eigenvalue weighted by Crippen LogP contribution is -2.31. The number of hydrogen-bond acceptors (Lipinski definition) is 6. The van der Waals surface area contributed by atoms with E-state index in [0.717, 1.165) is 30.6 Å². The first-order valence-electron chi connectivity index (χ1n) is 9.21. The predicted molar refractivity (Wildman–Crippen MR) is 113 cm³/mol. The number of halogens is 2. The lowest BCUT2D eigenvalue weighted by atomic mass is 10.3. The van der Waals surface area contributed by atoms with E-state index < -0.39 is 17.2 Å². The van der Waals surface area contributed by atoms with Crippen LogP contribution in [0.2, 0.25) is 8.67 Å². The van der Waals surface area contributed by atoms with Gasteiger partial charge in [0, 0.05) is 13.1 Å². The van der Waals surface area contributed by atoms with E-state index in [-0.39, 0.29) is 16.5 Å². The van der Waals surface area contributed by atoms with Crippen molar-refractivity contribution >= 4 is 51.7 Å². The van der Waals surface area contributed by atoms with Crippen LogP contribution in [-0.4, -0.2) is 25.1 Å². The number of hydrogen-bond donors (Lipinski definition) is 1. The summed E-state index contributed by atoms with van der Waals surface area (Å²) in [6.45, 7) is 4.72. The Bertz CT molecular complexity index is 1160. The number of aromatic amines is 1. The van der Waals surface area contributed by atoms with Crippen molar-refractivity contribution in [2.45, 2.75) is 52.8 Å². The molecule has 11 heteroatoms. The van der Waals surface area contributed by atoms with E-state index in [1.807, 2.05) is 13.8 Å². The molecule has 0 spiro atoms. The van der Waals surface area contributed by atoms with Crippen LogP contribution in [0.1, 0.15) is 49.3 Å². The molecule has 0 atom stereocenters. The van der Waals surface area contributed by atoms with E-state index in [2.05, 4.69) is 9.97 Å². The van der Waals surface area contributed by atoms with Gasteiger partial charge in [0.05, 0.1) is 9.90 Å². The third-order valence-corrected chi connectivity index (χ3v) is 5.84. The average Bonchev–Trinajstić information content (AvgIpc) is 3.20. The molecule has 0 bridgehead atoms. The molecule has 0 unspecified atom stereocenters. The summed E-state index contributed by atoms with van der Waals surface area (Å²) in [5, 5.41) is 0. The number of rotatable bonds is 8. The van der Waals surface area contributed by atoms with Crippen molar-refractivity contribution in [3.05, 3.63) is 47.0 Å². The maximum atomic E-state index is 12.5. The number of unbranched alkanes of at least 4 members (excludes halogenated alkanes) is 1. The van der Waals surface area contributed by atoms with Gasteiger partial charge in [-0.25, -0.2) is 14.6 Å². The van der Waals surface area contributed by atoms with Gasteiger partial charge in [0.2, 0.25) is 0 Å². The fraction of sp³-hybridized carbons (Fsp3) is 0.444. The van der Waals surface area contributed by atoms with Crippen LogP contribution in [0.5, 0.6) is 0 Å². The zero-order chi connectivity index (χ0) is 21.1. The number of ether oxygens (including phenoxy) is 1. The number of nitrogens with one attached hydrogen (secondary N) is 1. The molecule has 29 heavy (non-hydrogen) atoms. The van der Waals surface area contributed by atoms with Crippen molar-refractivity contribution in [1.29, 1.82) is 0 Å².